The van der Waals surface area contributed by atoms with Gasteiger partial charge in [-0.15, -0.1) is 0 Å². The monoisotopic (exact) mass is 319 g/mol. The van der Waals surface area contributed by atoms with E-state index >= 15 is 0 Å². The second-order valence-electron chi connectivity index (χ2n) is 5.83. The first-order valence-corrected chi connectivity index (χ1v) is 7.78. The van der Waals surface area contributed by atoms with Gasteiger partial charge in [-0.25, -0.2) is 0 Å². The number of likely N-dealkylation sites (tertiary alicyclic amines) is 1. The highest BCUT2D eigenvalue weighted by atomic mass is 16.2. The summed E-state index contributed by atoms with van der Waals surface area (Å²) in [5, 5.41) is 11.8. The molecule has 3 rings (SSSR count). The van der Waals surface area contributed by atoms with Gasteiger partial charge in [-0.05, 0) is 23.8 Å². The van der Waals surface area contributed by atoms with Crippen LogP contribution in [0.1, 0.15) is 27.9 Å². The fourth-order valence-electron chi connectivity index (χ4n) is 2.82. The van der Waals surface area contributed by atoms with Crippen LogP contribution in [-0.2, 0) is 11.3 Å². The number of nitrogens with one attached hydrogen (secondary N) is 1. The first-order chi connectivity index (χ1) is 11.7. The Labute approximate surface area is 140 Å². The van der Waals surface area contributed by atoms with Crippen molar-refractivity contribution in [1.82, 2.24) is 10.2 Å². The SMILES string of the molecule is N#Cc1cccc(C(=O)N[C@H]2CC(=O)N(Cc3ccccc3)C2)c1. The Balaban J connectivity index is 1.61. The Bertz CT molecular complexity index is 796. The van der Waals surface area contributed by atoms with Crippen molar-refractivity contribution >= 4 is 11.8 Å². The lowest BCUT2D eigenvalue weighted by Crippen LogP contribution is -2.37. The summed E-state index contributed by atoms with van der Waals surface area (Å²) in [6.45, 7) is 1.05. The molecular weight excluding hydrogens is 302 g/mol. The Morgan fingerprint density at radius 3 is 2.75 bits per heavy atom. The second-order valence-corrected chi connectivity index (χ2v) is 5.83. The smallest absolute Gasteiger partial charge is 0.251 e. The number of amides is 2. The van der Waals surface area contributed by atoms with Crippen molar-refractivity contribution in [3.05, 3.63) is 71.3 Å². The molecule has 2 aromatic carbocycles. The minimum absolute atomic E-state index is 0.0370. The Hall–Kier alpha value is -3.13. The zero-order chi connectivity index (χ0) is 16.9. The molecule has 1 aliphatic rings. The minimum Gasteiger partial charge on any atom is -0.347 e. The van der Waals surface area contributed by atoms with Gasteiger partial charge in [0.1, 0.15) is 0 Å². The van der Waals surface area contributed by atoms with Crippen LogP contribution in [0.4, 0.5) is 0 Å². The van der Waals surface area contributed by atoms with Crippen LogP contribution in [0.25, 0.3) is 0 Å². The van der Waals surface area contributed by atoms with Gasteiger partial charge in [-0.2, -0.15) is 5.26 Å². The van der Waals surface area contributed by atoms with E-state index in [1.165, 1.54) is 0 Å². The zero-order valence-corrected chi connectivity index (χ0v) is 13.1. The molecule has 0 spiro atoms. The average Bonchev–Trinajstić information content (AvgIpc) is 2.95. The maximum Gasteiger partial charge on any atom is 0.251 e. The van der Waals surface area contributed by atoms with Crippen LogP contribution in [0.5, 0.6) is 0 Å². The summed E-state index contributed by atoms with van der Waals surface area (Å²) in [6, 6.07) is 18.1. The van der Waals surface area contributed by atoms with Crippen molar-refractivity contribution in [3.63, 3.8) is 0 Å². The lowest BCUT2D eigenvalue weighted by Gasteiger charge is -2.17. The summed E-state index contributed by atoms with van der Waals surface area (Å²) in [6.07, 6.45) is 0.302. The van der Waals surface area contributed by atoms with Crippen LogP contribution in [0, 0.1) is 11.3 Å². The number of rotatable bonds is 4. The molecular formula is C19H17N3O2. The molecule has 2 amide bonds. The molecule has 0 saturated carbocycles. The van der Waals surface area contributed by atoms with Gasteiger partial charge in [0.25, 0.3) is 5.91 Å². The van der Waals surface area contributed by atoms with Crippen LogP contribution in [0.15, 0.2) is 54.6 Å². The average molecular weight is 319 g/mol. The number of carbonyl (C=O) groups is 2. The van der Waals surface area contributed by atoms with E-state index in [0.717, 1.165) is 5.56 Å². The number of benzene rings is 2. The number of nitrogens with zero attached hydrogens (tertiary/aromatic N) is 2. The molecule has 5 heteroatoms. The molecule has 1 saturated heterocycles. The highest BCUT2D eigenvalue weighted by Gasteiger charge is 2.30. The summed E-state index contributed by atoms with van der Waals surface area (Å²) in [4.78, 5) is 26.2. The van der Waals surface area contributed by atoms with Crippen molar-refractivity contribution in [1.29, 1.82) is 5.26 Å². The van der Waals surface area contributed by atoms with Gasteiger partial charge in [0.05, 0.1) is 17.7 Å². The van der Waals surface area contributed by atoms with E-state index in [-0.39, 0.29) is 17.9 Å². The maximum absolute atomic E-state index is 12.3. The molecule has 2 aromatic rings. The van der Waals surface area contributed by atoms with Gasteiger partial charge >= 0.3 is 0 Å². The predicted octanol–water partition coefficient (Wildman–Crippen LogP) is 2.09. The van der Waals surface area contributed by atoms with Crippen LogP contribution >= 0.6 is 0 Å². The molecule has 5 nitrogen and oxygen atoms in total. The molecule has 1 aliphatic heterocycles. The number of nitriles is 1. The third-order valence-corrected chi connectivity index (χ3v) is 4.02. The second kappa shape index (κ2) is 6.97. The molecule has 0 unspecified atom stereocenters. The Morgan fingerprint density at radius 2 is 2.00 bits per heavy atom. The molecule has 1 heterocycles. The number of hydrogen-bond donors (Lipinski definition) is 1. The molecule has 1 fully saturated rings. The topological polar surface area (TPSA) is 73.2 Å². The molecule has 0 aromatic heterocycles. The van der Waals surface area contributed by atoms with Gasteiger partial charge < -0.3 is 10.2 Å². The van der Waals surface area contributed by atoms with E-state index < -0.39 is 0 Å². The third-order valence-electron chi connectivity index (χ3n) is 4.02. The van der Waals surface area contributed by atoms with E-state index in [2.05, 4.69) is 5.32 Å². The molecule has 0 aliphatic carbocycles. The molecule has 0 radical (unpaired) electrons. The highest BCUT2D eigenvalue weighted by Crippen LogP contribution is 2.16. The van der Waals surface area contributed by atoms with Gasteiger partial charge in [-0.1, -0.05) is 36.4 Å². The van der Waals surface area contributed by atoms with Crippen molar-refractivity contribution in [3.8, 4) is 6.07 Å². The summed E-state index contributed by atoms with van der Waals surface area (Å²) >= 11 is 0. The van der Waals surface area contributed by atoms with Crippen LogP contribution in [0.3, 0.4) is 0 Å². The number of carbonyl (C=O) groups excluding carboxylic acids is 2. The van der Waals surface area contributed by atoms with Gasteiger partial charge in [0.15, 0.2) is 0 Å². The molecule has 120 valence electrons. The maximum atomic E-state index is 12.3. The molecule has 1 N–H and O–H groups in total. The van der Waals surface area contributed by atoms with Crippen LogP contribution < -0.4 is 5.32 Å². The highest BCUT2D eigenvalue weighted by molar-refractivity contribution is 5.95. The van der Waals surface area contributed by atoms with Gasteiger partial charge in [0.2, 0.25) is 5.91 Å². The van der Waals surface area contributed by atoms with Gasteiger partial charge in [0, 0.05) is 25.1 Å². The van der Waals surface area contributed by atoms with Crippen molar-refractivity contribution in [2.45, 2.75) is 19.0 Å². The standard InChI is InChI=1S/C19H17N3O2/c20-11-15-7-4-8-16(9-15)19(24)21-17-10-18(23)22(13-17)12-14-5-2-1-3-6-14/h1-9,17H,10,12-13H2,(H,21,24)/t17-/m0/s1. The van der Waals surface area contributed by atoms with Crippen molar-refractivity contribution in [2.24, 2.45) is 0 Å². The molecule has 0 bridgehead atoms. The normalized spacial score (nSPS) is 16.7. The summed E-state index contributed by atoms with van der Waals surface area (Å²) in [7, 11) is 0. The third kappa shape index (κ3) is 3.61. The van der Waals surface area contributed by atoms with Crippen molar-refractivity contribution in [2.75, 3.05) is 6.54 Å². The summed E-state index contributed by atoms with van der Waals surface area (Å²) in [5.74, 6) is -0.221. The number of hydrogen-bond acceptors (Lipinski definition) is 3. The van der Waals surface area contributed by atoms with Crippen LogP contribution in [-0.4, -0.2) is 29.3 Å². The van der Waals surface area contributed by atoms with Gasteiger partial charge in [-0.3, -0.25) is 9.59 Å². The lowest BCUT2D eigenvalue weighted by atomic mass is 10.1. The summed E-state index contributed by atoms with van der Waals surface area (Å²) < 4.78 is 0. The largest absolute Gasteiger partial charge is 0.347 e. The first kappa shape index (κ1) is 15.8. The summed E-state index contributed by atoms with van der Waals surface area (Å²) in [5.41, 5.74) is 1.94. The van der Waals surface area contributed by atoms with Crippen molar-refractivity contribution < 1.29 is 9.59 Å². The lowest BCUT2D eigenvalue weighted by molar-refractivity contribution is -0.128. The van der Waals surface area contributed by atoms with Crippen LogP contribution in [0.2, 0.25) is 0 Å². The molecule has 1 atom stereocenters. The molecule has 24 heavy (non-hydrogen) atoms. The fourth-order valence-corrected chi connectivity index (χ4v) is 2.82. The van der Waals surface area contributed by atoms with E-state index in [4.69, 9.17) is 5.26 Å². The predicted molar refractivity (Wildman–Crippen MR) is 88.9 cm³/mol. The quantitative estimate of drug-likeness (QED) is 0.938. The fraction of sp³-hybridized carbons (Fsp3) is 0.211. The van der Waals surface area contributed by atoms with E-state index in [1.54, 1.807) is 29.2 Å². The minimum atomic E-state index is -0.258. The Morgan fingerprint density at radius 1 is 1.21 bits per heavy atom. The van der Waals surface area contributed by atoms with E-state index in [0.29, 0.717) is 30.6 Å². The Kier molecular flexibility index (Phi) is 4.57. The zero-order valence-electron chi connectivity index (χ0n) is 13.1. The first-order valence-electron chi connectivity index (χ1n) is 7.78. The van der Waals surface area contributed by atoms with E-state index in [9.17, 15) is 9.59 Å². The van der Waals surface area contributed by atoms with E-state index in [1.807, 2.05) is 36.4 Å².